The molecule has 0 saturated heterocycles. The molecule has 1 nitrogen and oxygen atoms in total. The molecular formula is C11H14INS. The lowest BCUT2D eigenvalue weighted by Gasteiger charge is -1.80. The molecule has 1 aromatic heterocycles. The summed E-state index contributed by atoms with van der Waals surface area (Å²) in [5.41, 5.74) is 1.13. The molecule has 0 N–H and O–H groups in total. The molecule has 0 amide bonds. The van der Waals surface area contributed by atoms with Crippen LogP contribution in [0.4, 0.5) is 0 Å². The van der Waals surface area contributed by atoms with Gasteiger partial charge in [0.05, 0.1) is 15.2 Å². The summed E-state index contributed by atoms with van der Waals surface area (Å²) >= 11 is 4.07. The van der Waals surface area contributed by atoms with Gasteiger partial charge in [0, 0.05) is 0 Å². The highest BCUT2D eigenvalue weighted by atomic mass is 127. The standard InChI is InChI=1S/C9H9NS.C2H5I/c1-2-9-10-7-5-3-4-6-8(7)11-9;1-2-3/h3-6H,2H2,1H3;2H2,1H3. The highest BCUT2D eigenvalue weighted by Crippen LogP contribution is 2.21. The summed E-state index contributed by atoms with van der Waals surface area (Å²) in [5.74, 6) is 0. The normalized spacial score (nSPS) is 9.64. The Morgan fingerprint density at radius 3 is 2.50 bits per heavy atom. The third-order valence-corrected chi connectivity index (χ3v) is 2.82. The predicted octanol–water partition coefficient (Wildman–Crippen LogP) is 4.30. The summed E-state index contributed by atoms with van der Waals surface area (Å²) in [6.45, 7) is 4.25. The van der Waals surface area contributed by atoms with Gasteiger partial charge in [-0.2, -0.15) is 0 Å². The van der Waals surface area contributed by atoms with Gasteiger partial charge in [0.2, 0.25) is 0 Å². The summed E-state index contributed by atoms with van der Waals surface area (Å²) in [6, 6.07) is 8.26. The van der Waals surface area contributed by atoms with E-state index < -0.39 is 0 Å². The molecule has 1 aromatic carbocycles. The number of para-hydroxylation sites is 1. The number of alkyl halides is 1. The van der Waals surface area contributed by atoms with Crippen LogP contribution in [0.15, 0.2) is 24.3 Å². The van der Waals surface area contributed by atoms with E-state index in [2.05, 4.69) is 59.6 Å². The molecule has 14 heavy (non-hydrogen) atoms. The van der Waals surface area contributed by atoms with E-state index in [1.165, 1.54) is 14.1 Å². The van der Waals surface area contributed by atoms with E-state index >= 15 is 0 Å². The van der Waals surface area contributed by atoms with Crippen molar-refractivity contribution in [3.05, 3.63) is 29.3 Å². The van der Waals surface area contributed by atoms with Crippen molar-refractivity contribution in [1.29, 1.82) is 0 Å². The molecular weight excluding hydrogens is 305 g/mol. The van der Waals surface area contributed by atoms with E-state index in [4.69, 9.17) is 0 Å². The minimum Gasteiger partial charge on any atom is -0.241 e. The van der Waals surface area contributed by atoms with E-state index in [9.17, 15) is 0 Å². The molecule has 0 aliphatic rings. The van der Waals surface area contributed by atoms with Crippen molar-refractivity contribution in [2.24, 2.45) is 0 Å². The molecule has 0 atom stereocenters. The molecule has 76 valence electrons. The Morgan fingerprint density at radius 2 is 1.93 bits per heavy atom. The van der Waals surface area contributed by atoms with Crippen molar-refractivity contribution in [3.63, 3.8) is 0 Å². The molecule has 0 fully saturated rings. The highest BCUT2D eigenvalue weighted by Gasteiger charge is 1.98. The lowest BCUT2D eigenvalue weighted by Crippen LogP contribution is -1.73. The van der Waals surface area contributed by atoms with Gasteiger partial charge >= 0.3 is 0 Å². The number of thiazole rings is 1. The van der Waals surface area contributed by atoms with E-state index in [0.29, 0.717) is 0 Å². The number of hydrogen-bond donors (Lipinski definition) is 0. The van der Waals surface area contributed by atoms with Crippen LogP contribution in [0.1, 0.15) is 18.9 Å². The first kappa shape index (κ1) is 11.9. The lowest BCUT2D eigenvalue weighted by molar-refractivity contribution is 1.11. The summed E-state index contributed by atoms with van der Waals surface area (Å²) in [6.07, 6.45) is 1.04. The van der Waals surface area contributed by atoms with E-state index in [-0.39, 0.29) is 0 Å². The van der Waals surface area contributed by atoms with Gasteiger partial charge in [0.15, 0.2) is 0 Å². The van der Waals surface area contributed by atoms with Crippen LogP contribution in [0.2, 0.25) is 0 Å². The number of benzene rings is 1. The molecule has 0 radical (unpaired) electrons. The number of aromatic nitrogens is 1. The average molecular weight is 319 g/mol. The molecule has 1 heterocycles. The first-order valence-electron chi connectivity index (χ1n) is 4.72. The van der Waals surface area contributed by atoms with Crippen LogP contribution in [-0.4, -0.2) is 9.41 Å². The zero-order valence-corrected chi connectivity index (χ0v) is 11.4. The first-order valence-corrected chi connectivity index (χ1v) is 7.06. The van der Waals surface area contributed by atoms with E-state index in [1.54, 1.807) is 11.3 Å². The van der Waals surface area contributed by atoms with Gasteiger partial charge in [0.25, 0.3) is 0 Å². The monoisotopic (exact) mass is 319 g/mol. The fourth-order valence-electron chi connectivity index (χ4n) is 1.07. The van der Waals surface area contributed by atoms with Crippen LogP contribution in [-0.2, 0) is 6.42 Å². The third kappa shape index (κ3) is 3.20. The van der Waals surface area contributed by atoms with Gasteiger partial charge < -0.3 is 0 Å². The molecule has 0 saturated carbocycles. The Hall–Kier alpha value is -0.160. The van der Waals surface area contributed by atoms with Crippen LogP contribution >= 0.6 is 33.9 Å². The SMILES string of the molecule is CCI.CCc1nc2ccccc2s1. The molecule has 0 aliphatic heterocycles. The molecule has 3 heteroatoms. The second-order valence-corrected chi connectivity index (χ2v) is 5.34. The number of fused-ring (bicyclic) bond motifs is 1. The maximum Gasteiger partial charge on any atom is 0.0935 e. The maximum atomic E-state index is 4.45. The van der Waals surface area contributed by atoms with Crippen molar-refractivity contribution in [1.82, 2.24) is 4.98 Å². The van der Waals surface area contributed by atoms with Crippen LogP contribution in [0.5, 0.6) is 0 Å². The van der Waals surface area contributed by atoms with Crippen molar-refractivity contribution >= 4 is 44.1 Å². The molecule has 0 aliphatic carbocycles. The van der Waals surface area contributed by atoms with Crippen molar-refractivity contribution in [3.8, 4) is 0 Å². The van der Waals surface area contributed by atoms with Crippen LogP contribution in [0, 0.1) is 0 Å². The van der Waals surface area contributed by atoms with Crippen molar-refractivity contribution in [2.75, 3.05) is 4.43 Å². The Labute approximate surface area is 103 Å². The fourth-order valence-corrected chi connectivity index (χ4v) is 1.98. The Balaban J connectivity index is 0.000000293. The second kappa shape index (κ2) is 6.35. The second-order valence-electron chi connectivity index (χ2n) is 2.70. The Bertz CT molecular complexity index is 350. The maximum absolute atomic E-state index is 4.45. The van der Waals surface area contributed by atoms with Gasteiger partial charge in [-0.25, -0.2) is 4.98 Å². The minimum absolute atomic E-state index is 1.04. The third-order valence-electron chi connectivity index (χ3n) is 1.64. The smallest absolute Gasteiger partial charge is 0.0935 e. The molecule has 0 bridgehead atoms. The van der Waals surface area contributed by atoms with Gasteiger partial charge in [-0.15, -0.1) is 11.3 Å². The minimum atomic E-state index is 1.04. The lowest BCUT2D eigenvalue weighted by atomic mass is 10.3. The Kier molecular flexibility index (Phi) is 5.40. The summed E-state index contributed by atoms with van der Waals surface area (Å²) < 4.78 is 2.52. The molecule has 2 aromatic rings. The topological polar surface area (TPSA) is 12.9 Å². The van der Waals surface area contributed by atoms with Gasteiger partial charge in [-0.3, -0.25) is 0 Å². The summed E-state index contributed by atoms with van der Waals surface area (Å²) in [5, 5.41) is 1.23. The molecule has 0 unspecified atom stereocenters. The number of hydrogen-bond acceptors (Lipinski definition) is 2. The van der Waals surface area contributed by atoms with Gasteiger partial charge in [-0.05, 0) is 23.0 Å². The first-order chi connectivity index (χ1) is 6.81. The molecule has 2 rings (SSSR count). The fraction of sp³-hybridized carbons (Fsp3) is 0.364. The van der Waals surface area contributed by atoms with Gasteiger partial charge in [-0.1, -0.05) is 48.6 Å². The van der Waals surface area contributed by atoms with E-state index in [1.807, 2.05) is 6.07 Å². The highest BCUT2D eigenvalue weighted by molar-refractivity contribution is 14.1. The van der Waals surface area contributed by atoms with Crippen molar-refractivity contribution < 1.29 is 0 Å². The quantitative estimate of drug-likeness (QED) is 0.564. The zero-order chi connectivity index (χ0) is 10.4. The van der Waals surface area contributed by atoms with Crippen molar-refractivity contribution in [2.45, 2.75) is 20.3 Å². The van der Waals surface area contributed by atoms with Crippen LogP contribution < -0.4 is 0 Å². The number of halogens is 1. The number of nitrogens with zero attached hydrogens (tertiary/aromatic N) is 1. The predicted molar refractivity (Wildman–Crippen MR) is 73.6 cm³/mol. The Morgan fingerprint density at radius 1 is 1.29 bits per heavy atom. The van der Waals surface area contributed by atoms with Crippen LogP contribution in [0.25, 0.3) is 10.2 Å². The van der Waals surface area contributed by atoms with E-state index in [0.717, 1.165) is 11.9 Å². The largest absolute Gasteiger partial charge is 0.241 e. The summed E-state index contributed by atoms with van der Waals surface area (Å²) in [4.78, 5) is 4.45. The summed E-state index contributed by atoms with van der Waals surface area (Å²) in [7, 11) is 0. The molecule has 0 spiro atoms. The number of rotatable bonds is 1. The zero-order valence-electron chi connectivity index (χ0n) is 8.46. The number of aryl methyl sites for hydroxylation is 1. The van der Waals surface area contributed by atoms with Gasteiger partial charge in [0.1, 0.15) is 0 Å². The average Bonchev–Trinajstić information content (AvgIpc) is 2.61. The van der Waals surface area contributed by atoms with Crippen LogP contribution in [0.3, 0.4) is 0 Å².